The van der Waals surface area contributed by atoms with Gasteiger partial charge in [-0.25, -0.2) is 22.5 Å². The lowest BCUT2D eigenvalue weighted by Gasteiger charge is -2.34. The number of H-pyrrole nitrogens is 1. The fourth-order valence-electron chi connectivity index (χ4n) is 2.78. The van der Waals surface area contributed by atoms with Gasteiger partial charge in [-0.1, -0.05) is 46.1 Å². The van der Waals surface area contributed by atoms with Crippen LogP contribution < -0.4 is 11.1 Å². The van der Waals surface area contributed by atoms with Crippen molar-refractivity contribution in [3.05, 3.63) is 29.6 Å². The summed E-state index contributed by atoms with van der Waals surface area (Å²) in [6, 6.07) is 5.64. The number of rotatable bonds is 5. The summed E-state index contributed by atoms with van der Waals surface area (Å²) < 4.78 is 48.5. The Bertz CT molecular complexity index is 864. The lowest BCUT2D eigenvalue weighted by atomic mass is 9.79. The molecule has 1 aromatic heterocycles. The summed E-state index contributed by atoms with van der Waals surface area (Å²) in [6.07, 6.45) is 2.11. The smallest absolute Gasteiger partial charge is 0.248 e. The number of hydrogen-bond donors (Lipinski definition) is 3. The molecule has 1 amide bonds. The summed E-state index contributed by atoms with van der Waals surface area (Å²) in [5.41, 5.74) is 7.31. The number of nitrogens with two attached hydrogens (primary N) is 1. The van der Waals surface area contributed by atoms with E-state index in [9.17, 15) is 22.4 Å². The molecule has 32 heavy (non-hydrogen) atoms. The molecule has 0 spiro atoms. The van der Waals surface area contributed by atoms with Crippen LogP contribution in [0.25, 0.3) is 11.0 Å². The molecule has 0 unspecified atom stereocenters. The van der Waals surface area contributed by atoms with Crippen molar-refractivity contribution in [3.63, 3.8) is 0 Å². The molecule has 0 saturated heterocycles. The van der Waals surface area contributed by atoms with Crippen molar-refractivity contribution < 1.29 is 22.4 Å². The molecule has 0 atom stereocenters. The van der Waals surface area contributed by atoms with E-state index in [1.54, 1.807) is 0 Å². The minimum absolute atomic E-state index is 0.166. The second kappa shape index (κ2) is 11.1. The summed E-state index contributed by atoms with van der Waals surface area (Å²) >= 11 is 0. The number of halogens is 4. The zero-order valence-electron chi connectivity index (χ0n) is 19.0. The number of aromatic amines is 1. The van der Waals surface area contributed by atoms with Crippen molar-refractivity contribution in [3.8, 4) is 0 Å². The Morgan fingerprint density at radius 3 is 2.31 bits per heavy atom. The molecule has 4 N–H and O–H groups in total. The van der Waals surface area contributed by atoms with Crippen molar-refractivity contribution in [1.82, 2.24) is 15.3 Å². The fraction of sp³-hybridized carbons (Fsp3) is 0.652. The predicted molar refractivity (Wildman–Crippen MR) is 117 cm³/mol. The van der Waals surface area contributed by atoms with E-state index >= 15 is 0 Å². The average molecular weight is 459 g/mol. The molecular weight excluding hydrogens is 424 g/mol. The largest absolute Gasteiger partial charge is 0.352 e. The first-order chi connectivity index (χ1) is 14.9. The van der Waals surface area contributed by atoms with Crippen molar-refractivity contribution in [2.75, 3.05) is 0 Å². The number of amides is 1. The highest BCUT2D eigenvalue weighted by atomic mass is 19.3. The molecule has 2 saturated carbocycles. The SMILES string of the molecule is C1CC1.CC(C)(C)C(F)F.NCc1nc2ccc(CNC(=O)CC3CC(F)(F)C3)cc2[nH]1. The van der Waals surface area contributed by atoms with Gasteiger partial charge >= 0.3 is 0 Å². The topological polar surface area (TPSA) is 83.8 Å². The second-order valence-electron chi connectivity index (χ2n) is 9.58. The third kappa shape index (κ3) is 9.14. The minimum Gasteiger partial charge on any atom is -0.352 e. The number of benzene rings is 1. The molecule has 0 radical (unpaired) electrons. The third-order valence-corrected chi connectivity index (χ3v) is 4.94. The standard InChI is InChI=1S/C15H18F2N4O.C5H10F2.C3H6/c16-15(17)5-10(6-15)4-14(22)19-8-9-1-2-11-12(3-9)21-13(7-18)20-11;1-5(2,3)4(6)7;1-2-3-1/h1-3,10H,4-8,18H2,(H,19,22)(H,20,21);4H,1-3H3;1-3H2. The highest BCUT2D eigenvalue weighted by Gasteiger charge is 2.45. The molecule has 2 fully saturated rings. The Morgan fingerprint density at radius 2 is 1.84 bits per heavy atom. The molecule has 0 bridgehead atoms. The highest BCUT2D eigenvalue weighted by Crippen LogP contribution is 2.43. The van der Waals surface area contributed by atoms with Crippen LogP contribution in [0.4, 0.5) is 17.6 Å². The lowest BCUT2D eigenvalue weighted by molar-refractivity contribution is -0.133. The summed E-state index contributed by atoms with van der Waals surface area (Å²) in [5, 5.41) is 2.77. The molecule has 0 aliphatic heterocycles. The maximum Gasteiger partial charge on any atom is 0.248 e. The number of imidazole rings is 1. The quantitative estimate of drug-likeness (QED) is 0.514. The average Bonchev–Trinajstić information content (AvgIpc) is 3.50. The first-order valence-corrected chi connectivity index (χ1v) is 11.0. The monoisotopic (exact) mass is 458 g/mol. The number of nitrogens with zero attached hydrogens (tertiary/aromatic N) is 1. The molecule has 9 heteroatoms. The van der Waals surface area contributed by atoms with Crippen LogP contribution in [0, 0.1) is 11.3 Å². The van der Waals surface area contributed by atoms with Gasteiger partial charge in [-0.15, -0.1) is 0 Å². The van der Waals surface area contributed by atoms with Gasteiger partial charge in [0.1, 0.15) is 5.82 Å². The summed E-state index contributed by atoms with van der Waals surface area (Å²) in [5.74, 6) is -2.25. The van der Waals surface area contributed by atoms with E-state index in [1.807, 2.05) is 18.2 Å². The first-order valence-electron chi connectivity index (χ1n) is 11.0. The zero-order chi connectivity index (χ0) is 23.9. The number of aromatic nitrogens is 2. The maximum atomic E-state index is 12.7. The van der Waals surface area contributed by atoms with E-state index < -0.39 is 17.8 Å². The molecule has 180 valence electrons. The maximum absolute atomic E-state index is 12.7. The Labute approximate surface area is 186 Å². The molecular formula is C23H34F4N4O. The van der Waals surface area contributed by atoms with Crippen LogP contribution in [0.2, 0.25) is 0 Å². The van der Waals surface area contributed by atoms with E-state index in [-0.39, 0.29) is 31.1 Å². The van der Waals surface area contributed by atoms with Crippen LogP contribution in [0.1, 0.15) is 70.7 Å². The number of hydrogen-bond acceptors (Lipinski definition) is 3. The summed E-state index contributed by atoms with van der Waals surface area (Å²) in [6.45, 7) is 5.24. The van der Waals surface area contributed by atoms with Crippen molar-refractivity contribution in [1.29, 1.82) is 0 Å². The van der Waals surface area contributed by atoms with Gasteiger partial charge in [-0.2, -0.15) is 0 Å². The van der Waals surface area contributed by atoms with E-state index in [4.69, 9.17) is 5.73 Å². The minimum atomic E-state index is -2.57. The highest BCUT2D eigenvalue weighted by molar-refractivity contribution is 5.77. The van der Waals surface area contributed by atoms with E-state index in [1.165, 1.54) is 40.0 Å². The predicted octanol–water partition coefficient (Wildman–Crippen LogP) is 5.54. The second-order valence-corrected chi connectivity index (χ2v) is 9.58. The third-order valence-electron chi connectivity index (χ3n) is 4.94. The van der Waals surface area contributed by atoms with Crippen LogP contribution in [-0.2, 0) is 17.9 Å². The van der Waals surface area contributed by atoms with Gasteiger partial charge in [0.2, 0.25) is 18.3 Å². The molecule has 2 aliphatic rings. The lowest BCUT2D eigenvalue weighted by Crippen LogP contribution is -2.38. The molecule has 2 aliphatic carbocycles. The van der Waals surface area contributed by atoms with E-state index in [2.05, 4.69) is 15.3 Å². The zero-order valence-corrected chi connectivity index (χ0v) is 19.0. The van der Waals surface area contributed by atoms with Gasteiger partial charge in [0, 0.05) is 31.2 Å². The molecule has 2 aromatic rings. The molecule has 5 nitrogen and oxygen atoms in total. The van der Waals surface area contributed by atoms with Gasteiger partial charge in [0.25, 0.3) is 0 Å². The number of alkyl halides is 4. The summed E-state index contributed by atoms with van der Waals surface area (Å²) in [7, 11) is 0. The van der Waals surface area contributed by atoms with Gasteiger partial charge in [-0.3, -0.25) is 4.79 Å². The van der Waals surface area contributed by atoms with Gasteiger partial charge < -0.3 is 16.0 Å². The van der Waals surface area contributed by atoms with Crippen LogP contribution in [-0.4, -0.2) is 28.2 Å². The first kappa shape index (κ1) is 26.1. The van der Waals surface area contributed by atoms with Gasteiger partial charge in [0.15, 0.2) is 0 Å². The van der Waals surface area contributed by atoms with E-state index in [0.29, 0.717) is 18.9 Å². The number of fused-ring (bicyclic) bond motifs is 1. The van der Waals surface area contributed by atoms with Gasteiger partial charge in [-0.05, 0) is 23.6 Å². The molecule has 1 aromatic carbocycles. The Morgan fingerprint density at radius 1 is 1.25 bits per heavy atom. The fourth-order valence-corrected chi connectivity index (χ4v) is 2.78. The van der Waals surface area contributed by atoms with E-state index in [0.717, 1.165) is 16.6 Å². The normalized spacial score (nSPS) is 17.0. The van der Waals surface area contributed by atoms with Crippen molar-refractivity contribution in [2.24, 2.45) is 17.1 Å². The van der Waals surface area contributed by atoms with Crippen molar-refractivity contribution >= 4 is 16.9 Å². The van der Waals surface area contributed by atoms with Gasteiger partial charge in [0.05, 0.1) is 17.6 Å². The van der Waals surface area contributed by atoms with Crippen LogP contribution >= 0.6 is 0 Å². The Hall–Kier alpha value is -2.16. The van der Waals surface area contributed by atoms with Crippen LogP contribution in [0.3, 0.4) is 0 Å². The van der Waals surface area contributed by atoms with Crippen LogP contribution in [0.5, 0.6) is 0 Å². The number of carbonyl (C=O) groups is 1. The molecule has 4 rings (SSSR count). The number of nitrogens with one attached hydrogen (secondary N) is 2. The Balaban J connectivity index is 0.000000302. The Kier molecular flexibility index (Phi) is 9.07. The molecule has 1 heterocycles. The van der Waals surface area contributed by atoms with Crippen molar-refractivity contribution in [2.45, 2.75) is 84.7 Å². The summed E-state index contributed by atoms with van der Waals surface area (Å²) in [4.78, 5) is 19.2. The number of carbonyl (C=O) groups excluding carboxylic acids is 1. The van der Waals surface area contributed by atoms with Crippen LogP contribution in [0.15, 0.2) is 18.2 Å².